The molecule has 7 nitrogen and oxygen atoms in total. The predicted octanol–water partition coefficient (Wildman–Crippen LogP) is 4.02. The quantitative estimate of drug-likeness (QED) is 0.590. The lowest BCUT2D eigenvalue weighted by Crippen LogP contribution is -2.32. The molecule has 0 saturated heterocycles. The summed E-state index contributed by atoms with van der Waals surface area (Å²) in [6, 6.07) is 13.6. The number of ether oxygens (including phenoxy) is 1. The Balaban J connectivity index is 1.66. The van der Waals surface area contributed by atoms with Gasteiger partial charge in [0.2, 0.25) is 5.91 Å². The fourth-order valence-corrected chi connectivity index (χ4v) is 4.89. The van der Waals surface area contributed by atoms with E-state index in [4.69, 9.17) is 9.84 Å². The van der Waals surface area contributed by atoms with E-state index in [9.17, 15) is 10.1 Å². The molecule has 0 bridgehead atoms. The molecule has 1 aliphatic carbocycles. The molecule has 1 amide bonds. The molecule has 32 heavy (non-hydrogen) atoms. The molecule has 164 valence electrons. The fraction of sp³-hybridized carbons (Fsp3) is 0.333. The second-order valence-corrected chi connectivity index (χ2v) is 8.92. The molecule has 8 heteroatoms. The maximum atomic E-state index is 11.7. The van der Waals surface area contributed by atoms with Crippen molar-refractivity contribution in [2.45, 2.75) is 45.3 Å². The third-order valence-corrected chi connectivity index (χ3v) is 6.36. The average molecular weight is 449 g/mol. The average Bonchev–Trinajstić information content (AvgIpc) is 3.29. The van der Waals surface area contributed by atoms with Crippen molar-refractivity contribution in [2.75, 3.05) is 6.61 Å². The number of fused-ring (bicyclic) bond motifs is 1. The number of carbonyl (C=O) groups excluding carboxylic acids is 1. The summed E-state index contributed by atoms with van der Waals surface area (Å²) < 4.78 is 5.71. The monoisotopic (exact) mass is 448 g/mol. The minimum absolute atomic E-state index is 0.0173. The topological polar surface area (TPSA) is 108 Å². The van der Waals surface area contributed by atoms with Gasteiger partial charge in [-0.15, -0.1) is 10.2 Å². The number of aliphatic hydroxyl groups is 1. The Hall–Kier alpha value is -3.28. The molecule has 1 heterocycles. The molecule has 0 fully saturated rings. The van der Waals surface area contributed by atoms with Crippen molar-refractivity contribution >= 4 is 17.2 Å². The summed E-state index contributed by atoms with van der Waals surface area (Å²) in [5.41, 5.74) is 4.51. The molecule has 0 saturated carbocycles. The normalized spacial score (nSPS) is 15.2. The number of benzene rings is 2. The second-order valence-electron chi connectivity index (χ2n) is 7.95. The van der Waals surface area contributed by atoms with Gasteiger partial charge in [-0.2, -0.15) is 5.26 Å². The number of carbonyl (C=O) groups is 1. The highest BCUT2D eigenvalue weighted by molar-refractivity contribution is 7.17. The van der Waals surface area contributed by atoms with E-state index in [1.54, 1.807) is 12.1 Å². The van der Waals surface area contributed by atoms with E-state index in [0.29, 0.717) is 11.3 Å². The van der Waals surface area contributed by atoms with E-state index in [1.165, 1.54) is 11.3 Å². The summed E-state index contributed by atoms with van der Waals surface area (Å²) in [7, 11) is 0. The van der Waals surface area contributed by atoms with E-state index in [2.05, 4.69) is 21.6 Å². The van der Waals surface area contributed by atoms with Crippen molar-refractivity contribution in [3.63, 3.8) is 0 Å². The molecular weight excluding hydrogens is 424 g/mol. The maximum absolute atomic E-state index is 11.7. The number of amides is 1. The summed E-state index contributed by atoms with van der Waals surface area (Å²) >= 11 is 1.47. The van der Waals surface area contributed by atoms with E-state index in [0.717, 1.165) is 51.5 Å². The number of aromatic nitrogens is 2. The predicted molar refractivity (Wildman–Crippen MR) is 122 cm³/mol. The van der Waals surface area contributed by atoms with Crippen molar-refractivity contribution in [3.05, 3.63) is 53.1 Å². The highest BCUT2D eigenvalue weighted by atomic mass is 32.1. The van der Waals surface area contributed by atoms with Gasteiger partial charge in [-0.3, -0.25) is 4.79 Å². The molecular formula is C24H24N4O3S. The second kappa shape index (κ2) is 9.47. The number of nitriles is 1. The van der Waals surface area contributed by atoms with Gasteiger partial charge in [-0.1, -0.05) is 29.5 Å². The Morgan fingerprint density at radius 3 is 2.88 bits per heavy atom. The molecule has 2 aromatic carbocycles. The van der Waals surface area contributed by atoms with Crippen LogP contribution in [0, 0.1) is 11.3 Å². The first-order chi connectivity index (χ1) is 15.5. The van der Waals surface area contributed by atoms with Crippen LogP contribution < -0.4 is 10.1 Å². The molecule has 1 aromatic heterocycles. The summed E-state index contributed by atoms with van der Waals surface area (Å²) in [6.45, 7) is 3.33. The third kappa shape index (κ3) is 4.49. The number of hydrogen-bond donors (Lipinski definition) is 2. The van der Waals surface area contributed by atoms with Crippen LogP contribution in [0.25, 0.3) is 21.1 Å². The van der Waals surface area contributed by atoms with Crippen LogP contribution in [0.3, 0.4) is 0 Å². The molecule has 1 atom stereocenters. The molecule has 1 aliphatic rings. The Labute approximate surface area is 190 Å². The molecule has 0 unspecified atom stereocenters. The molecule has 0 radical (unpaired) electrons. The molecule has 3 aromatic rings. The Morgan fingerprint density at radius 2 is 2.12 bits per heavy atom. The van der Waals surface area contributed by atoms with Crippen molar-refractivity contribution in [2.24, 2.45) is 0 Å². The number of aliphatic hydroxyl groups excluding tert-OH is 1. The summed E-state index contributed by atoms with van der Waals surface area (Å²) in [5.74, 6) is 0.189. The van der Waals surface area contributed by atoms with Gasteiger partial charge >= 0.3 is 0 Å². The maximum Gasteiger partial charge on any atom is 0.246 e. The largest absolute Gasteiger partial charge is 0.490 e. The SMILES string of the molecule is CC(C)Oc1ccc(-c2nnc(-c3cccc4c3CCC[C@@H]4NC(=O)CO)s2)cc1C#N. The first-order valence-electron chi connectivity index (χ1n) is 10.6. The first-order valence-corrected chi connectivity index (χ1v) is 11.4. The van der Waals surface area contributed by atoms with Crippen LogP contribution >= 0.6 is 11.3 Å². The van der Waals surface area contributed by atoms with Gasteiger partial charge < -0.3 is 15.2 Å². The van der Waals surface area contributed by atoms with E-state index in [1.807, 2.05) is 38.1 Å². The van der Waals surface area contributed by atoms with Gasteiger partial charge in [0.05, 0.1) is 17.7 Å². The molecule has 4 rings (SSSR count). The van der Waals surface area contributed by atoms with Crippen LogP contribution in [0.4, 0.5) is 0 Å². The lowest BCUT2D eigenvalue weighted by molar-refractivity contribution is -0.124. The summed E-state index contributed by atoms with van der Waals surface area (Å²) in [6.07, 6.45) is 2.66. The van der Waals surface area contributed by atoms with Crippen LogP contribution in [0.5, 0.6) is 5.75 Å². The van der Waals surface area contributed by atoms with Crippen LogP contribution in [0.1, 0.15) is 49.4 Å². The summed E-state index contributed by atoms with van der Waals surface area (Å²) in [4.78, 5) is 11.7. The number of nitrogens with one attached hydrogen (secondary N) is 1. The zero-order valence-corrected chi connectivity index (χ0v) is 18.8. The minimum atomic E-state index is -0.517. The third-order valence-electron chi connectivity index (χ3n) is 5.35. The molecule has 2 N–H and O–H groups in total. The standard InChI is InChI=1S/C24H24N4O3S/c1-14(2)31-21-10-9-15(11-16(21)12-25)23-27-28-24(32-23)19-7-3-6-18-17(19)5-4-8-20(18)26-22(30)13-29/h3,6-7,9-11,14,20,29H,4-5,8,13H2,1-2H3,(H,26,30)/t20-/m0/s1. The molecule has 0 spiro atoms. The minimum Gasteiger partial charge on any atom is -0.490 e. The first kappa shape index (κ1) is 21.9. The van der Waals surface area contributed by atoms with Crippen LogP contribution in [-0.2, 0) is 11.2 Å². The van der Waals surface area contributed by atoms with E-state index < -0.39 is 6.61 Å². The van der Waals surface area contributed by atoms with Gasteiger partial charge in [0, 0.05) is 11.1 Å². The smallest absolute Gasteiger partial charge is 0.246 e. The van der Waals surface area contributed by atoms with E-state index >= 15 is 0 Å². The van der Waals surface area contributed by atoms with E-state index in [-0.39, 0.29) is 18.1 Å². The van der Waals surface area contributed by atoms with Crippen LogP contribution in [0.2, 0.25) is 0 Å². The van der Waals surface area contributed by atoms with Gasteiger partial charge in [0.1, 0.15) is 28.4 Å². The van der Waals surface area contributed by atoms with Gasteiger partial charge in [0.25, 0.3) is 0 Å². The van der Waals surface area contributed by atoms with Crippen LogP contribution in [-0.4, -0.2) is 33.9 Å². The zero-order chi connectivity index (χ0) is 22.7. The Kier molecular flexibility index (Phi) is 6.49. The lowest BCUT2D eigenvalue weighted by atomic mass is 9.85. The van der Waals surface area contributed by atoms with Crippen LogP contribution in [0.15, 0.2) is 36.4 Å². The fourth-order valence-electron chi connectivity index (χ4n) is 3.99. The number of hydrogen-bond acceptors (Lipinski definition) is 7. The zero-order valence-electron chi connectivity index (χ0n) is 18.0. The van der Waals surface area contributed by atoms with Gasteiger partial charge in [-0.05, 0) is 62.4 Å². The highest BCUT2D eigenvalue weighted by Gasteiger charge is 2.25. The summed E-state index contributed by atoms with van der Waals surface area (Å²) in [5, 5.41) is 31.8. The van der Waals surface area contributed by atoms with Crippen molar-refractivity contribution in [1.82, 2.24) is 15.5 Å². The molecule has 0 aliphatic heterocycles. The number of rotatable bonds is 6. The van der Waals surface area contributed by atoms with Gasteiger partial charge in [0.15, 0.2) is 0 Å². The van der Waals surface area contributed by atoms with Gasteiger partial charge in [-0.25, -0.2) is 0 Å². The Bertz CT molecular complexity index is 1180. The Morgan fingerprint density at radius 1 is 1.31 bits per heavy atom. The van der Waals surface area contributed by atoms with Crippen molar-refractivity contribution < 1.29 is 14.6 Å². The number of nitrogens with zero attached hydrogens (tertiary/aromatic N) is 3. The lowest BCUT2D eigenvalue weighted by Gasteiger charge is -2.27. The van der Waals surface area contributed by atoms with Crippen molar-refractivity contribution in [3.8, 4) is 33.0 Å². The highest BCUT2D eigenvalue weighted by Crippen LogP contribution is 2.39. The van der Waals surface area contributed by atoms with Crippen molar-refractivity contribution in [1.29, 1.82) is 5.26 Å².